The van der Waals surface area contributed by atoms with E-state index in [1.165, 1.54) is 24.2 Å². The van der Waals surface area contributed by atoms with E-state index in [9.17, 15) is 4.79 Å². The van der Waals surface area contributed by atoms with E-state index in [-0.39, 0.29) is 5.56 Å². The van der Waals surface area contributed by atoms with Crippen LogP contribution in [0.15, 0.2) is 40.6 Å². The lowest BCUT2D eigenvalue weighted by atomic mass is 10.2. The van der Waals surface area contributed by atoms with Crippen molar-refractivity contribution in [1.29, 1.82) is 0 Å². The van der Waals surface area contributed by atoms with Crippen molar-refractivity contribution in [2.45, 2.75) is 9.92 Å². The topological polar surface area (TPSA) is 94.9 Å². The first-order valence-electron chi connectivity index (χ1n) is 4.90. The number of hydrogen-bond acceptors (Lipinski definition) is 5. The number of carbonyl (C=O) groups excluding carboxylic acids is 1. The van der Waals surface area contributed by atoms with Crippen molar-refractivity contribution >= 4 is 35.0 Å². The van der Waals surface area contributed by atoms with Crippen molar-refractivity contribution in [3.8, 4) is 0 Å². The van der Waals surface area contributed by atoms with E-state index in [1.54, 1.807) is 18.3 Å². The molecular formula is C11H9ClN4OS. The van der Waals surface area contributed by atoms with Gasteiger partial charge >= 0.3 is 0 Å². The van der Waals surface area contributed by atoms with Crippen LogP contribution < -0.4 is 11.5 Å². The molecular weight excluding hydrogens is 272 g/mol. The molecule has 7 heteroatoms. The highest BCUT2D eigenvalue weighted by Gasteiger charge is 2.15. The van der Waals surface area contributed by atoms with Gasteiger partial charge in [0.05, 0.1) is 10.6 Å². The highest BCUT2D eigenvalue weighted by Crippen LogP contribution is 2.36. The average molecular weight is 281 g/mol. The summed E-state index contributed by atoms with van der Waals surface area (Å²) >= 11 is 7.32. The lowest BCUT2D eigenvalue weighted by Gasteiger charge is -2.09. The Hall–Kier alpha value is -1.79. The fraction of sp³-hybridized carbons (Fsp3) is 0. The maximum Gasteiger partial charge on any atom is 0.249 e. The predicted octanol–water partition coefficient (Wildman–Crippen LogP) is 1.96. The van der Waals surface area contributed by atoms with E-state index in [4.69, 9.17) is 23.1 Å². The number of hydrogen-bond donors (Lipinski definition) is 2. The van der Waals surface area contributed by atoms with E-state index in [0.29, 0.717) is 20.6 Å². The molecule has 0 fully saturated rings. The summed E-state index contributed by atoms with van der Waals surface area (Å²) in [6.07, 6.45) is 3.02. The predicted molar refractivity (Wildman–Crippen MR) is 70.5 cm³/mol. The number of rotatable bonds is 3. The van der Waals surface area contributed by atoms with Gasteiger partial charge in [-0.3, -0.25) is 4.79 Å². The minimum absolute atomic E-state index is 0.281. The first kappa shape index (κ1) is 12.7. The van der Waals surface area contributed by atoms with Gasteiger partial charge in [0.1, 0.15) is 11.4 Å². The average Bonchev–Trinajstić information content (AvgIpc) is 2.33. The zero-order valence-corrected chi connectivity index (χ0v) is 10.7. The van der Waals surface area contributed by atoms with Crippen molar-refractivity contribution < 1.29 is 4.79 Å². The minimum atomic E-state index is -0.583. The summed E-state index contributed by atoms with van der Waals surface area (Å²) in [5.41, 5.74) is 11.6. The molecule has 0 unspecified atom stereocenters. The Kier molecular flexibility index (Phi) is 3.69. The Balaban J connectivity index is 2.47. The van der Waals surface area contributed by atoms with Gasteiger partial charge in [-0.05, 0) is 18.2 Å². The fourth-order valence-corrected chi connectivity index (χ4v) is 2.55. The summed E-state index contributed by atoms with van der Waals surface area (Å²) in [7, 11) is 0. The first-order chi connectivity index (χ1) is 8.58. The van der Waals surface area contributed by atoms with Crippen LogP contribution in [-0.2, 0) is 0 Å². The number of halogens is 1. The molecule has 2 rings (SSSR count). The molecule has 0 atom stereocenters. The Bertz CT molecular complexity index is 591. The summed E-state index contributed by atoms with van der Waals surface area (Å²) < 4.78 is 0. The van der Waals surface area contributed by atoms with Crippen molar-refractivity contribution in [1.82, 2.24) is 9.97 Å². The number of anilines is 1. The second kappa shape index (κ2) is 5.24. The van der Waals surface area contributed by atoms with Gasteiger partial charge in [-0.15, -0.1) is 0 Å². The number of nitrogens with zero attached hydrogens (tertiary/aromatic N) is 2. The molecule has 2 aromatic rings. The van der Waals surface area contributed by atoms with Gasteiger partial charge in [-0.25, -0.2) is 9.97 Å². The third-order valence-electron chi connectivity index (χ3n) is 2.09. The zero-order chi connectivity index (χ0) is 13.1. The minimum Gasteiger partial charge on any atom is -0.399 e. The van der Waals surface area contributed by atoms with Gasteiger partial charge in [0.2, 0.25) is 5.91 Å². The molecule has 1 heterocycles. The molecule has 0 saturated carbocycles. The fourth-order valence-electron chi connectivity index (χ4n) is 1.34. The van der Waals surface area contributed by atoms with E-state index in [2.05, 4.69) is 9.97 Å². The van der Waals surface area contributed by atoms with Crippen LogP contribution in [0.25, 0.3) is 0 Å². The van der Waals surface area contributed by atoms with Crippen LogP contribution in [0, 0.1) is 0 Å². The Labute approximate surface area is 113 Å². The Morgan fingerprint density at radius 2 is 2.17 bits per heavy atom. The van der Waals surface area contributed by atoms with Crippen LogP contribution in [0.2, 0.25) is 5.02 Å². The molecule has 4 N–H and O–H groups in total. The number of primary amides is 1. The quantitative estimate of drug-likeness (QED) is 0.662. The van der Waals surface area contributed by atoms with Crippen molar-refractivity contribution in [2.24, 2.45) is 5.73 Å². The summed E-state index contributed by atoms with van der Waals surface area (Å²) in [5.74, 6) is -0.583. The van der Waals surface area contributed by atoms with E-state index in [0.717, 1.165) is 0 Å². The van der Waals surface area contributed by atoms with Gasteiger partial charge < -0.3 is 11.5 Å². The maximum absolute atomic E-state index is 11.4. The van der Waals surface area contributed by atoms with Crippen molar-refractivity contribution in [3.05, 3.63) is 41.3 Å². The molecule has 1 aromatic carbocycles. The molecule has 0 aliphatic rings. The molecule has 0 aliphatic carbocycles. The third-order valence-corrected chi connectivity index (χ3v) is 3.60. The Morgan fingerprint density at radius 3 is 2.78 bits per heavy atom. The number of benzene rings is 1. The molecule has 1 amide bonds. The van der Waals surface area contributed by atoms with Crippen LogP contribution in [0.1, 0.15) is 10.4 Å². The first-order valence-corrected chi connectivity index (χ1v) is 6.10. The Morgan fingerprint density at radius 1 is 1.39 bits per heavy atom. The summed E-state index contributed by atoms with van der Waals surface area (Å²) in [5, 5.41) is 1.03. The standard InChI is InChI=1S/C11H9ClN4OS/c12-8-4-6(13)3-7(11(14)17)10(8)18-9-1-2-15-5-16-9/h1-5H,13H2,(H2,14,17). The number of amides is 1. The monoisotopic (exact) mass is 280 g/mol. The number of nitrogen functional groups attached to an aromatic ring is 1. The van der Waals surface area contributed by atoms with Gasteiger partial charge in [0, 0.05) is 16.8 Å². The number of aromatic nitrogens is 2. The van der Waals surface area contributed by atoms with E-state index < -0.39 is 5.91 Å². The molecule has 0 aliphatic heterocycles. The van der Waals surface area contributed by atoms with Gasteiger partial charge in [-0.2, -0.15) is 0 Å². The lowest BCUT2D eigenvalue weighted by Crippen LogP contribution is -2.13. The highest BCUT2D eigenvalue weighted by molar-refractivity contribution is 7.99. The van der Waals surface area contributed by atoms with Gasteiger partial charge in [0.15, 0.2) is 0 Å². The molecule has 5 nitrogen and oxygen atoms in total. The number of nitrogens with two attached hydrogens (primary N) is 2. The molecule has 0 bridgehead atoms. The second-order valence-electron chi connectivity index (χ2n) is 3.39. The number of carbonyl (C=O) groups is 1. The second-order valence-corrected chi connectivity index (χ2v) is 4.83. The molecule has 0 saturated heterocycles. The van der Waals surface area contributed by atoms with Crippen LogP contribution in [0.5, 0.6) is 0 Å². The van der Waals surface area contributed by atoms with Crippen LogP contribution in [0.3, 0.4) is 0 Å². The SMILES string of the molecule is NC(=O)c1cc(N)cc(Cl)c1Sc1ccncn1. The normalized spacial score (nSPS) is 10.3. The van der Waals surface area contributed by atoms with Crippen molar-refractivity contribution in [2.75, 3.05) is 5.73 Å². The summed E-state index contributed by atoms with van der Waals surface area (Å²) in [4.78, 5) is 19.8. The van der Waals surface area contributed by atoms with Crippen molar-refractivity contribution in [3.63, 3.8) is 0 Å². The molecule has 0 radical (unpaired) electrons. The van der Waals surface area contributed by atoms with E-state index >= 15 is 0 Å². The molecule has 0 spiro atoms. The van der Waals surface area contributed by atoms with Crippen LogP contribution >= 0.6 is 23.4 Å². The lowest BCUT2D eigenvalue weighted by molar-refractivity contribution is 0.0997. The zero-order valence-electron chi connectivity index (χ0n) is 9.13. The molecule has 18 heavy (non-hydrogen) atoms. The smallest absolute Gasteiger partial charge is 0.249 e. The van der Waals surface area contributed by atoms with Crippen LogP contribution in [0.4, 0.5) is 5.69 Å². The van der Waals surface area contributed by atoms with Crippen LogP contribution in [-0.4, -0.2) is 15.9 Å². The largest absolute Gasteiger partial charge is 0.399 e. The molecule has 92 valence electrons. The summed E-state index contributed by atoms with van der Waals surface area (Å²) in [6.45, 7) is 0. The van der Waals surface area contributed by atoms with E-state index in [1.807, 2.05) is 0 Å². The maximum atomic E-state index is 11.4. The highest BCUT2D eigenvalue weighted by atomic mass is 35.5. The van der Waals surface area contributed by atoms with Gasteiger partial charge in [0.25, 0.3) is 0 Å². The summed E-state index contributed by atoms with van der Waals surface area (Å²) in [6, 6.07) is 4.78. The van der Waals surface area contributed by atoms with Gasteiger partial charge in [-0.1, -0.05) is 23.4 Å². The molecule has 1 aromatic heterocycles. The third kappa shape index (κ3) is 2.72.